The Balaban J connectivity index is 2.10. The van der Waals surface area contributed by atoms with Gasteiger partial charge in [0.2, 0.25) is 5.91 Å². The first-order chi connectivity index (χ1) is 12.5. The summed E-state index contributed by atoms with van der Waals surface area (Å²) in [6.45, 7) is 6.99. The molecule has 0 aliphatic carbocycles. The number of carbonyl (C=O) groups excluding carboxylic acids is 2. The van der Waals surface area contributed by atoms with E-state index in [0.717, 1.165) is 4.88 Å². The normalized spacial score (nSPS) is 11.9. The molecule has 1 N–H and O–H groups in total. The van der Waals surface area contributed by atoms with Crippen LogP contribution in [0.1, 0.15) is 36.0 Å². The van der Waals surface area contributed by atoms with Gasteiger partial charge >= 0.3 is 0 Å². The van der Waals surface area contributed by atoms with Gasteiger partial charge in [0.15, 0.2) is 0 Å². The molecule has 5 nitrogen and oxygen atoms in total. The second-order valence-electron chi connectivity index (χ2n) is 6.36. The summed E-state index contributed by atoms with van der Waals surface area (Å²) in [6.07, 6.45) is 0. The maximum Gasteiger partial charge on any atom is 0.251 e. The number of hydrogen-bond acceptors (Lipinski definition) is 4. The van der Waals surface area contributed by atoms with Crippen LogP contribution in [0, 0.1) is 5.92 Å². The number of hydrogen-bond donors (Lipinski definition) is 1. The van der Waals surface area contributed by atoms with Crippen molar-refractivity contribution < 1.29 is 14.3 Å². The Morgan fingerprint density at radius 1 is 1.19 bits per heavy atom. The van der Waals surface area contributed by atoms with E-state index in [1.54, 1.807) is 47.6 Å². The summed E-state index contributed by atoms with van der Waals surface area (Å²) in [5.41, 5.74) is 0.505. The van der Waals surface area contributed by atoms with Crippen molar-refractivity contribution in [3.63, 3.8) is 0 Å². The Hall–Kier alpha value is -2.34. The zero-order valence-electron chi connectivity index (χ0n) is 15.7. The molecule has 26 heavy (non-hydrogen) atoms. The van der Waals surface area contributed by atoms with Crippen LogP contribution in [0.3, 0.4) is 0 Å². The van der Waals surface area contributed by atoms with Crippen molar-refractivity contribution in [1.82, 2.24) is 10.2 Å². The third-order valence-corrected chi connectivity index (χ3v) is 5.05. The van der Waals surface area contributed by atoms with Crippen LogP contribution in [-0.4, -0.2) is 36.4 Å². The number of methoxy groups -OCH3 is 1. The lowest BCUT2D eigenvalue weighted by Crippen LogP contribution is -2.51. The van der Waals surface area contributed by atoms with Crippen molar-refractivity contribution in [2.24, 2.45) is 5.92 Å². The van der Waals surface area contributed by atoms with E-state index in [9.17, 15) is 9.59 Å². The van der Waals surface area contributed by atoms with Crippen LogP contribution in [0.5, 0.6) is 5.75 Å². The van der Waals surface area contributed by atoms with Crippen molar-refractivity contribution in [3.8, 4) is 5.75 Å². The number of nitrogens with zero attached hydrogens (tertiary/aromatic N) is 1. The first kappa shape index (κ1) is 20.0. The average Bonchev–Trinajstić information content (AvgIpc) is 3.16. The van der Waals surface area contributed by atoms with Crippen molar-refractivity contribution in [1.29, 1.82) is 0 Å². The molecule has 2 amide bonds. The van der Waals surface area contributed by atoms with Crippen LogP contribution in [0.2, 0.25) is 0 Å². The number of rotatable bonds is 8. The highest BCUT2D eigenvalue weighted by atomic mass is 32.1. The van der Waals surface area contributed by atoms with Gasteiger partial charge in [-0.05, 0) is 48.6 Å². The third kappa shape index (κ3) is 5.08. The number of carbonyl (C=O) groups is 2. The lowest BCUT2D eigenvalue weighted by Gasteiger charge is -2.29. The molecular formula is C20H26N2O3S. The largest absolute Gasteiger partial charge is 0.497 e. The van der Waals surface area contributed by atoms with Crippen molar-refractivity contribution in [2.75, 3.05) is 13.7 Å². The molecule has 0 aliphatic rings. The van der Waals surface area contributed by atoms with Crippen LogP contribution >= 0.6 is 11.3 Å². The molecule has 0 saturated heterocycles. The van der Waals surface area contributed by atoms with Gasteiger partial charge < -0.3 is 15.0 Å². The molecule has 0 aliphatic heterocycles. The number of nitrogens with one attached hydrogen (secondary N) is 1. The molecule has 0 radical (unpaired) electrons. The predicted octanol–water partition coefficient (Wildman–Crippen LogP) is 3.56. The molecule has 0 spiro atoms. The standard InChI is InChI=1S/C20H26N2O3S/c1-5-22(13-17-7-6-12-26-17)20(24)18(14(2)3)21-19(23)15-8-10-16(25-4)11-9-15/h6-12,14,18H,5,13H2,1-4H3,(H,21,23). The summed E-state index contributed by atoms with van der Waals surface area (Å²) in [5, 5.41) is 4.90. The summed E-state index contributed by atoms with van der Waals surface area (Å²) in [7, 11) is 1.58. The second kappa shape index (κ2) is 9.38. The van der Waals surface area contributed by atoms with E-state index in [1.165, 1.54) is 0 Å². The molecule has 0 bridgehead atoms. The fraction of sp³-hybridized carbons (Fsp3) is 0.400. The summed E-state index contributed by atoms with van der Waals surface area (Å²) in [5.74, 6) is 0.359. The molecule has 2 aromatic rings. The summed E-state index contributed by atoms with van der Waals surface area (Å²) in [4.78, 5) is 28.5. The number of thiophene rings is 1. The van der Waals surface area contributed by atoms with Crippen molar-refractivity contribution in [3.05, 3.63) is 52.2 Å². The minimum Gasteiger partial charge on any atom is -0.497 e. The van der Waals surface area contributed by atoms with E-state index >= 15 is 0 Å². The van der Waals surface area contributed by atoms with Gasteiger partial charge in [-0.3, -0.25) is 9.59 Å². The summed E-state index contributed by atoms with van der Waals surface area (Å²) in [6, 6.07) is 10.3. The van der Waals surface area contributed by atoms with E-state index in [1.807, 2.05) is 38.3 Å². The van der Waals surface area contributed by atoms with Gasteiger partial charge in [0, 0.05) is 17.0 Å². The summed E-state index contributed by atoms with van der Waals surface area (Å²) >= 11 is 1.63. The van der Waals surface area contributed by atoms with E-state index in [-0.39, 0.29) is 17.7 Å². The summed E-state index contributed by atoms with van der Waals surface area (Å²) < 4.78 is 5.11. The van der Waals surface area contributed by atoms with Gasteiger partial charge in [-0.25, -0.2) is 0 Å². The van der Waals surface area contributed by atoms with Gasteiger partial charge in [0.1, 0.15) is 11.8 Å². The molecular weight excluding hydrogens is 348 g/mol. The Morgan fingerprint density at radius 3 is 2.38 bits per heavy atom. The van der Waals surface area contributed by atoms with E-state index in [4.69, 9.17) is 4.74 Å². The van der Waals surface area contributed by atoms with Crippen LogP contribution in [0.4, 0.5) is 0 Å². The maximum atomic E-state index is 13.0. The van der Waals surface area contributed by atoms with Crippen molar-refractivity contribution >= 4 is 23.2 Å². The van der Waals surface area contributed by atoms with Crippen LogP contribution < -0.4 is 10.1 Å². The molecule has 1 heterocycles. The van der Waals surface area contributed by atoms with Crippen LogP contribution in [-0.2, 0) is 11.3 Å². The Morgan fingerprint density at radius 2 is 1.88 bits per heavy atom. The molecule has 1 aromatic heterocycles. The zero-order chi connectivity index (χ0) is 19.1. The highest BCUT2D eigenvalue weighted by Gasteiger charge is 2.28. The van der Waals surface area contributed by atoms with Gasteiger partial charge in [-0.2, -0.15) is 0 Å². The SMILES string of the molecule is CCN(Cc1cccs1)C(=O)C(NC(=O)c1ccc(OC)cc1)C(C)C. The zero-order valence-corrected chi connectivity index (χ0v) is 16.5. The molecule has 1 aromatic carbocycles. The fourth-order valence-corrected chi connectivity index (χ4v) is 3.33. The Labute approximate surface area is 159 Å². The van der Waals surface area contributed by atoms with Crippen LogP contribution in [0.25, 0.3) is 0 Å². The minimum atomic E-state index is -0.565. The fourth-order valence-electron chi connectivity index (χ4n) is 2.61. The number of likely N-dealkylation sites (N-methyl/N-ethyl adjacent to an activating group) is 1. The molecule has 140 valence electrons. The van der Waals surface area contributed by atoms with Gasteiger partial charge in [-0.15, -0.1) is 11.3 Å². The van der Waals surface area contributed by atoms with Gasteiger partial charge in [-0.1, -0.05) is 19.9 Å². The molecule has 6 heteroatoms. The highest BCUT2D eigenvalue weighted by molar-refractivity contribution is 7.09. The molecule has 0 fully saturated rings. The van der Waals surface area contributed by atoms with Gasteiger partial charge in [0.05, 0.1) is 13.7 Å². The topological polar surface area (TPSA) is 58.6 Å². The third-order valence-electron chi connectivity index (χ3n) is 4.19. The molecule has 2 rings (SSSR count). The monoisotopic (exact) mass is 374 g/mol. The second-order valence-corrected chi connectivity index (χ2v) is 7.39. The first-order valence-electron chi connectivity index (χ1n) is 8.72. The minimum absolute atomic E-state index is 0.0120. The van der Waals surface area contributed by atoms with E-state index < -0.39 is 6.04 Å². The number of benzene rings is 1. The Bertz CT molecular complexity index is 711. The molecule has 0 saturated carbocycles. The lowest BCUT2D eigenvalue weighted by molar-refractivity contribution is -0.134. The quantitative estimate of drug-likeness (QED) is 0.769. The predicted molar refractivity (Wildman–Crippen MR) is 104 cm³/mol. The first-order valence-corrected chi connectivity index (χ1v) is 9.60. The lowest BCUT2D eigenvalue weighted by atomic mass is 10.0. The maximum absolute atomic E-state index is 13.0. The molecule has 1 unspecified atom stereocenters. The van der Waals surface area contributed by atoms with Crippen molar-refractivity contribution in [2.45, 2.75) is 33.4 Å². The van der Waals surface area contributed by atoms with E-state index in [0.29, 0.717) is 24.4 Å². The van der Waals surface area contributed by atoms with E-state index in [2.05, 4.69) is 5.32 Å². The number of amides is 2. The average molecular weight is 375 g/mol. The smallest absolute Gasteiger partial charge is 0.251 e. The number of ether oxygens (including phenoxy) is 1. The Kier molecular flexibility index (Phi) is 7.21. The van der Waals surface area contributed by atoms with Crippen LogP contribution in [0.15, 0.2) is 41.8 Å². The highest BCUT2D eigenvalue weighted by Crippen LogP contribution is 2.16. The van der Waals surface area contributed by atoms with Gasteiger partial charge in [0.25, 0.3) is 5.91 Å². The molecule has 1 atom stereocenters.